The van der Waals surface area contributed by atoms with E-state index >= 15 is 0 Å². The molecule has 4 aromatic rings. The molecule has 0 atom stereocenters. The number of rotatable bonds is 5. The van der Waals surface area contributed by atoms with Crippen molar-refractivity contribution in [1.82, 2.24) is 19.7 Å². The Labute approximate surface area is 149 Å². The zero-order chi connectivity index (χ0) is 17.9. The third-order valence-corrected chi connectivity index (χ3v) is 4.17. The minimum Gasteiger partial charge on any atom is -0.338 e. The summed E-state index contributed by atoms with van der Waals surface area (Å²) in [6, 6.07) is 13.4. The maximum absolute atomic E-state index is 12.4. The van der Waals surface area contributed by atoms with E-state index < -0.39 is 0 Å². The molecule has 0 unspecified atom stereocenters. The molecule has 0 radical (unpaired) electrons. The predicted octanol–water partition coefficient (Wildman–Crippen LogP) is 3.42. The predicted molar refractivity (Wildman–Crippen MR) is 97.5 cm³/mol. The summed E-state index contributed by atoms with van der Waals surface area (Å²) < 4.78 is 7.22. The minimum absolute atomic E-state index is 0.156. The number of fused-ring (bicyclic) bond motifs is 1. The Morgan fingerprint density at radius 3 is 2.88 bits per heavy atom. The normalized spacial score (nSPS) is 11.0. The van der Waals surface area contributed by atoms with Crippen LogP contribution in [0.2, 0.25) is 0 Å². The number of benzene rings is 1. The zero-order valence-corrected chi connectivity index (χ0v) is 14.2. The first-order chi connectivity index (χ1) is 12.7. The van der Waals surface area contributed by atoms with Crippen molar-refractivity contribution in [1.29, 1.82) is 0 Å². The number of aryl methyl sites for hydroxylation is 2. The average Bonchev–Trinajstić information content (AvgIpc) is 3.24. The number of carbonyl (C=O) groups excluding carboxylic acids is 1. The van der Waals surface area contributed by atoms with Gasteiger partial charge in [0.15, 0.2) is 0 Å². The average molecular weight is 347 g/mol. The van der Waals surface area contributed by atoms with Crippen molar-refractivity contribution in [2.75, 3.05) is 5.32 Å². The van der Waals surface area contributed by atoms with Gasteiger partial charge in [0, 0.05) is 19.2 Å². The fourth-order valence-electron chi connectivity index (χ4n) is 2.91. The smallest absolute Gasteiger partial charge is 0.240 e. The Kier molecular flexibility index (Phi) is 4.18. The summed E-state index contributed by atoms with van der Waals surface area (Å²) in [5.41, 5.74) is 3.30. The SMILES string of the molecule is Cc1nc2ccccc2n1CCC(=O)Nc1oncc1-c1ccccn1. The molecule has 0 spiro atoms. The van der Waals surface area contributed by atoms with Gasteiger partial charge in [0.1, 0.15) is 5.82 Å². The van der Waals surface area contributed by atoms with E-state index in [1.807, 2.05) is 54.0 Å². The number of hydrogen-bond donors (Lipinski definition) is 1. The van der Waals surface area contributed by atoms with Crippen LogP contribution in [0.25, 0.3) is 22.3 Å². The van der Waals surface area contributed by atoms with Gasteiger partial charge in [0.25, 0.3) is 0 Å². The van der Waals surface area contributed by atoms with E-state index in [0.717, 1.165) is 16.9 Å². The number of anilines is 1. The second kappa shape index (κ2) is 6.79. The summed E-state index contributed by atoms with van der Waals surface area (Å²) >= 11 is 0. The van der Waals surface area contributed by atoms with Crippen LogP contribution >= 0.6 is 0 Å². The van der Waals surface area contributed by atoms with Crippen LogP contribution in [0, 0.1) is 6.92 Å². The monoisotopic (exact) mass is 347 g/mol. The Morgan fingerprint density at radius 2 is 2.04 bits per heavy atom. The van der Waals surface area contributed by atoms with Crippen LogP contribution in [0.4, 0.5) is 5.88 Å². The highest BCUT2D eigenvalue weighted by molar-refractivity contribution is 5.92. The Bertz CT molecular complexity index is 1050. The Hall–Kier alpha value is -3.48. The summed E-state index contributed by atoms with van der Waals surface area (Å²) in [4.78, 5) is 21.2. The third-order valence-electron chi connectivity index (χ3n) is 4.17. The van der Waals surface area contributed by atoms with Gasteiger partial charge in [0.05, 0.1) is 28.5 Å². The van der Waals surface area contributed by atoms with E-state index in [4.69, 9.17) is 4.52 Å². The van der Waals surface area contributed by atoms with Gasteiger partial charge >= 0.3 is 0 Å². The second-order valence-electron chi connectivity index (χ2n) is 5.88. The standard InChI is InChI=1S/C19H17N5O2/c1-13-22-16-7-2-3-8-17(16)24(13)11-9-18(25)23-19-14(12-21-26-19)15-6-4-5-10-20-15/h2-8,10,12H,9,11H2,1H3,(H,23,25). The minimum atomic E-state index is -0.156. The number of para-hydroxylation sites is 2. The Balaban J connectivity index is 1.47. The lowest BCUT2D eigenvalue weighted by atomic mass is 10.2. The topological polar surface area (TPSA) is 85.8 Å². The van der Waals surface area contributed by atoms with Gasteiger partial charge in [-0.2, -0.15) is 0 Å². The van der Waals surface area contributed by atoms with Crippen molar-refractivity contribution >= 4 is 22.8 Å². The summed E-state index contributed by atoms with van der Waals surface area (Å²) in [7, 11) is 0. The molecule has 7 nitrogen and oxygen atoms in total. The van der Waals surface area contributed by atoms with Crippen molar-refractivity contribution in [3.63, 3.8) is 0 Å². The number of aromatic nitrogens is 4. The number of imidazole rings is 1. The van der Waals surface area contributed by atoms with Crippen molar-refractivity contribution in [2.45, 2.75) is 19.9 Å². The van der Waals surface area contributed by atoms with Crippen LogP contribution in [0.1, 0.15) is 12.2 Å². The lowest BCUT2D eigenvalue weighted by Crippen LogP contribution is -2.15. The molecular weight excluding hydrogens is 330 g/mol. The molecule has 0 fully saturated rings. The lowest BCUT2D eigenvalue weighted by molar-refractivity contribution is -0.116. The van der Waals surface area contributed by atoms with Crippen molar-refractivity contribution in [3.8, 4) is 11.3 Å². The highest BCUT2D eigenvalue weighted by Gasteiger charge is 2.15. The third kappa shape index (κ3) is 3.06. The molecule has 0 aliphatic heterocycles. The van der Waals surface area contributed by atoms with Crippen LogP contribution in [-0.4, -0.2) is 25.6 Å². The number of carbonyl (C=O) groups is 1. The summed E-state index contributed by atoms with van der Waals surface area (Å²) in [5.74, 6) is 1.03. The number of hydrogen-bond acceptors (Lipinski definition) is 5. The van der Waals surface area contributed by atoms with Crippen LogP contribution in [0.5, 0.6) is 0 Å². The molecule has 0 aliphatic carbocycles. The van der Waals surface area contributed by atoms with Crippen LogP contribution in [0.3, 0.4) is 0 Å². The molecule has 3 aromatic heterocycles. The fraction of sp³-hybridized carbons (Fsp3) is 0.158. The maximum atomic E-state index is 12.4. The molecule has 0 saturated carbocycles. The summed E-state index contributed by atoms with van der Waals surface area (Å²) in [6.45, 7) is 2.47. The molecule has 4 rings (SSSR count). The molecule has 7 heteroatoms. The maximum Gasteiger partial charge on any atom is 0.240 e. The summed E-state index contributed by atoms with van der Waals surface area (Å²) in [6.07, 6.45) is 3.52. The first-order valence-electron chi connectivity index (χ1n) is 8.30. The largest absolute Gasteiger partial charge is 0.338 e. The number of nitrogens with one attached hydrogen (secondary N) is 1. The number of pyridine rings is 1. The van der Waals surface area contributed by atoms with Gasteiger partial charge in [-0.15, -0.1) is 0 Å². The first-order valence-corrected chi connectivity index (χ1v) is 8.30. The zero-order valence-electron chi connectivity index (χ0n) is 14.2. The molecule has 1 amide bonds. The van der Waals surface area contributed by atoms with Crippen LogP contribution in [0.15, 0.2) is 59.4 Å². The fourth-order valence-corrected chi connectivity index (χ4v) is 2.91. The molecule has 0 saturated heterocycles. The van der Waals surface area contributed by atoms with E-state index in [9.17, 15) is 4.79 Å². The highest BCUT2D eigenvalue weighted by atomic mass is 16.5. The van der Waals surface area contributed by atoms with Crippen molar-refractivity contribution < 1.29 is 9.32 Å². The molecule has 130 valence electrons. The van der Waals surface area contributed by atoms with Gasteiger partial charge in [-0.05, 0) is 31.2 Å². The molecule has 26 heavy (non-hydrogen) atoms. The molecule has 0 bridgehead atoms. The number of nitrogens with zero attached hydrogens (tertiary/aromatic N) is 4. The van der Waals surface area contributed by atoms with Gasteiger partial charge in [-0.3, -0.25) is 15.1 Å². The van der Waals surface area contributed by atoms with E-state index in [-0.39, 0.29) is 5.91 Å². The second-order valence-corrected chi connectivity index (χ2v) is 5.88. The van der Waals surface area contributed by atoms with Crippen LogP contribution < -0.4 is 5.32 Å². The summed E-state index contributed by atoms with van der Waals surface area (Å²) in [5, 5.41) is 6.55. The van der Waals surface area contributed by atoms with E-state index in [2.05, 4.69) is 20.4 Å². The van der Waals surface area contributed by atoms with E-state index in [1.54, 1.807) is 12.4 Å². The lowest BCUT2D eigenvalue weighted by Gasteiger charge is -2.07. The molecular formula is C19H17N5O2. The van der Waals surface area contributed by atoms with Gasteiger partial charge < -0.3 is 9.09 Å². The Morgan fingerprint density at radius 1 is 1.19 bits per heavy atom. The van der Waals surface area contributed by atoms with Crippen molar-refractivity contribution in [3.05, 3.63) is 60.7 Å². The molecule has 1 aromatic carbocycles. The number of amides is 1. The van der Waals surface area contributed by atoms with Crippen LogP contribution in [-0.2, 0) is 11.3 Å². The van der Waals surface area contributed by atoms with Gasteiger partial charge in [0.2, 0.25) is 11.8 Å². The molecule has 1 N–H and O–H groups in total. The van der Waals surface area contributed by atoms with Crippen molar-refractivity contribution in [2.24, 2.45) is 0 Å². The molecule has 0 aliphatic rings. The highest BCUT2D eigenvalue weighted by Crippen LogP contribution is 2.26. The van der Waals surface area contributed by atoms with E-state index in [1.165, 1.54) is 0 Å². The van der Waals surface area contributed by atoms with Gasteiger partial charge in [-0.1, -0.05) is 23.4 Å². The first kappa shape index (κ1) is 16.0. The molecule has 3 heterocycles. The van der Waals surface area contributed by atoms with Gasteiger partial charge in [-0.25, -0.2) is 4.98 Å². The van der Waals surface area contributed by atoms with E-state index in [0.29, 0.717) is 30.1 Å². The quantitative estimate of drug-likeness (QED) is 0.598.